The summed E-state index contributed by atoms with van der Waals surface area (Å²) in [5.41, 5.74) is 1.18. The van der Waals surface area contributed by atoms with Gasteiger partial charge < -0.3 is 10.1 Å². The molecule has 0 bridgehead atoms. The zero-order valence-electron chi connectivity index (χ0n) is 8.29. The Kier molecular flexibility index (Phi) is 2.68. The van der Waals surface area contributed by atoms with Gasteiger partial charge in [0.15, 0.2) is 0 Å². The lowest BCUT2D eigenvalue weighted by atomic mass is 10.1. The number of hydrogen-bond acceptors (Lipinski definition) is 3. The van der Waals surface area contributed by atoms with Crippen molar-refractivity contribution in [1.82, 2.24) is 5.32 Å². The molecule has 1 aromatic rings. The van der Waals surface area contributed by atoms with E-state index in [1.54, 1.807) is 7.11 Å². The number of ether oxygens (including phenoxy) is 1. The summed E-state index contributed by atoms with van der Waals surface area (Å²) in [6.45, 7) is 1.86. The van der Waals surface area contributed by atoms with Crippen molar-refractivity contribution in [3.05, 3.63) is 29.8 Å². The average Bonchev–Trinajstić information content (AvgIpc) is 2.71. The van der Waals surface area contributed by atoms with Crippen LogP contribution in [0.2, 0.25) is 0 Å². The van der Waals surface area contributed by atoms with Crippen molar-refractivity contribution < 1.29 is 4.74 Å². The summed E-state index contributed by atoms with van der Waals surface area (Å²) in [5.74, 6) is 2.00. The van der Waals surface area contributed by atoms with Crippen LogP contribution in [0.25, 0.3) is 0 Å². The van der Waals surface area contributed by atoms with Gasteiger partial charge in [0.05, 0.1) is 13.7 Å². The largest absolute Gasteiger partial charge is 0.496 e. The van der Waals surface area contributed by atoms with Gasteiger partial charge >= 0.3 is 0 Å². The standard InChI is InChI=1S/C11H14N2O/c1-14-10-5-3-2-4-9(10)8-11-12-6-7-13-11/h2-5H,6-8H2,1H3,(H,12,13). The highest BCUT2D eigenvalue weighted by Crippen LogP contribution is 2.18. The van der Waals surface area contributed by atoms with Crippen molar-refractivity contribution in [2.75, 3.05) is 20.2 Å². The molecule has 0 radical (unpaired) electrons. The molecular weight excluding hydrogens is 176 g/mol. The van der Waals surface area contributed by atoms with Gasteiger partial charge in [-0.05, 0) is 6.07 Å². The van der Waals surface area contributed by atoms with Crippen LogP contribution in [0.3, 0.4) is 0 Å². The van der Waals surface area contributed by atoms with E-state index < -0.39 is 0 Å². The first kappa shape index (κ1) is 9.06. The molecule has 0 amide bonds. The van der Waals surface area contributed by atoms with E-state index in [1.807, 2.05) is 18.2 Å². The summed E-state index contributed by atoms with van der Waals surface area (Å²) in [6.07, 6.45) is 0.837. The number of hydrogen-bond donors (Lipinski definition) is 1. The van der Waals surface area contributed by atoms with Gasteiger partial charge in [-0.3, -0.25) is 4.99 Å². The Labute approximate surface area is 83.8 Å². The van der Waals surface area contributed by atoms with Gasteiger partial charge in [0.2, 0.25) is 0 Å². The topological polar surface area (TPSA) is 33.6 Å². The summed E-state index contributed by atoms with van der Waals surface area (Å²) in [4.78, 5) is 4.36. The Morgan fingerprint density at radius 2 is 2.29 bits per heavy atom. The van der Waals surface area contributed by atoms with E-state index in [2.05, 4.69) is 16.4 Å². The van der Waals surface area contributed by atoms with Crippen molar-refractivity contribution in [1.29, 1.82) is 0 Å². The number of amidine groups is 1. The molecule has 0 aliphatic carbocycles. The van der Waals surface area contributed by atoms with E-state index in [4.69, 9.17) is 4.74 Å². The van der Waals surface area contributed by atoms with E-state index in [1.165, 1.54) is 5.56 Å². The van der Waals surface area contributed by atoms with Crippen LogP contribution in [0, 0.1) is 0 Å². The van der Waals surface area contributed by atoms with Gasteiger partial charge in [-0.2, -0.15) is 0 Å². The fourth-order valence-electron chi connectivity index (χ4n) is 1.59. The van der Waals surface area contributed by atoms with Crippen LogP contribution in [0.1, 0.15) is 5.56 Å². The molecule has 0 atom stereocenters. The first-order valence-electron chi connectivity index (χ1n) is 4.79. The van der Waals surface area contributed by atoms with Gasteiger partial charge in [-0.15, -0.1) is 0 Å². The second-order valence-electron chi connectivity index (χ2n) is 3.24. The lowest BCUT2D eigenvalue weighted by Gasteiger charge is -2.07. The van der Waals surface area contributed by atoms with E-state index in [0.717, 1.165) is 31.1 Å². The first-order valence-corrected chi connectivity index (χ1v) is 4.79. The minimum absolute atomic E-state index is 0.837. The minimum atomic E-state index is 0.837. The Balaban J connectivity index is 2.15. The van der Waals surface area contributed by atoms with Crippen molar-refractivity contribution in [3.8, 4) is 5.75 Å². The quantitative estimate of drug-likeness (QED) is 0.778. The Hall–Kier alpha value is -1.51. The molecule has 0 fully saturated rings. The molecule has 0 unspecified atom stereocenters. The van der Waals surface area contributed by atoms with Crippen LogP contribution in [0.15, 0.2) is 29.3 Å². The number of nitrogens with zero attached hydrogens (tertiary/aromatic N) is 1. The number of para-hydroxylation sites is 1. The molecule has 2 rings (SSSR count). The van der Waals surface area contributed by atoms with Crippen molar-refractivity contribution >= 4 is 5.84 Å². The SMILES string of the molecule is COc1ccccc1CC1=NCCN1. The molecule has 0 saturated heterocycles. The summed E-state index contributed by atoms with van der Waals surface area (Å²) in [6, 6.07) is 8.05. The zero-order chi connectivity index (χ0) is 9.80. The maximum absolute atomic E-state index is 5.27. The number of rotatable bonds is 3. The Bertz CT molecular complexity index is 347. The van der Waals surface area contributed by atoms with E-state index in [0.29, 0.717) is 0 Å². The third kappa shape index (κ3) is 1.87. The summed E-state index contributed by atoms with van der Waals surface area (Å²) < 4.78 is 5.27. The van der Waals surface area contributed by atoms with Crippen molar-refractivity contribution in [3.63, 3.8) is 0 Å². The molecular formula is C11H14N2O. The molecule has 0 saturated carbocycles. The Morgan fingerprint density at radius 3 is 3.00 bits per heavy atom. The Morgan fingerprint density at radius 1 is 1.43 bits per heavy atom. The molecule has 1 aromatic carbocycles. The third-order valence-corrected chi connectivity index (χ3v) is 2.29. The molecule has 3 nitrogen and oxygen atoms in total. The minimum Gasteiger partial charge on any atom is -0.496 e. The predicted octanol–water partition coefficient (Wildman–Crippen LogP) is 1.24. The van der Waals surface area contributed by atoms with Gasteiger partial charge in [-0.1, -0.05) is 18.2 Å². The number of methoxy groups -OCH3 is 1. The van der Waals surface area contributed by atoms with E-state index >= 15 is 0 Å². The van der Waals surface area contributed by atoms with Crippen LogP contribution in [-0.2, 0) is 6.42 Å². The van der Waals surface area contributed by atoms with Gasteiger partial charge in [0, 0.05) is 18.5 Å². The average molecular weight is 190 g/mol. The summed E-state index contributed by atoms with van der Waals surface area (Å²) in [5, 5.41) is 3.25. The molecule has 1 aliphatic heterocycles. The van der Waals surface area contributed by atoms with Crippen molar-refractivity contribution in [2.24, 2.45) is 4.99 Å². The van der Waals surface area contributed by atoms with Crippen LogP contribution < -0.4 is 10.1 Å². The van der Waals surface area contributed by atoms with Crippen LogP contribution >= 0.6 is 0 Å². The highest BCUT2D eigenvalue weighted by Gasteiger charge is 2.08. The maximum atomic E-state index is 5.27. The smallest absolute Gasteiger partial charge is 0.122 e. The van der Waals surface area contributed by atoms with Crippen LogP contribution in [-0.4, -0.2) is 26.0 Å². The second-order valence-corrected chi connectivity index (χ2v) is 3.24. The lowest BCUT2D eigenvalue weighted by Crippen LogP contribution is -2.20. The monoisotopic (exact) mass is 190 g/mol. The molecule has 14 heavy (non-hydrogen) atoms. The highest BCUT2D eigenvalue weighted by molar-refractivity contribution is 5.86. The molecule has 1 aliphatic rings. The molecule has 74 valence electrons. The zero-order valence-corrected chi connectivity index (χ0v) is 8.29. The number of aliphatic imine (C=N–C) groups is 1. The number of nitrogens with one attached hydrogen (secondary N) is 1. The molecule has 1 N–H and O–H groups in total. The van der Waals surface area contributed by atoms with Gasteiger partial charge in [0.1, 0.15) is 11.6 Å². The summed E-state index contributed by atoms with van der Waals surface area (Å²) in [7, 11) is 1.70. The first-order chi connectivity index (χ1) is 6.90. The summed E-state index contributed by atoms with van der Waals surface area (Å²) >= 11 is 0. The predicted molar refractivity (Wildman–Crippen MR) is 57.0 cm³/mol. The third-order valence-electron chi connectivity index (χ3n) is 2.29. The second kappa shape index (κ2) is 4.13. The van der Waals surface area contributed by atoms with E-state index in [9.17, 15) is 0 Å². The fraction of sp³-hybridized carbons (Fsp3) is 0.364. The van der Waals surface area contributed by atoms with Gasteiger partial charge in [0.25, 0.3) is 0 Å². The molecule has 0 spiro atoms. The normalized spacial score (nSPS) is 14.8. The fourth-order valence-corrected chi connectivity index (χ4v) is 1.59. The molecule has 0 aromatic heterocycles. The maximum Gasteiger partial charge on any atom is 0.122 e. The van der Waals surface area contributed by atoms with Crippen LogP contribution in [0.4, 0.5) is 0 Å². The number of benzene rings is 1. The van der Waals surface area contributed by atoms with E-state index in [-0.39, 0.29) is 0 Å². The van der Waals surface area contributed by atoms with Gasteiger partial charge in [-0.25, -0.2) is 0 Å². The highest BCUT2D eigenvalue weighted by atomic mass is 16.5. The molecule has 1 heterocycles. The van der Waals surface area contributed by atoms with Crippen LogP contribution in [0.5, 0.6) is 5.75 Å². The lowest BCUT2D eigenvalue weighted by molar-refractivity contribution is 0.411. The molecule has 3 heteroatoms. The van der Waals surface area contributed by atoms with Crippen molar-refractivity contribution in [2.45, 2.75) is 6.42 Å².